The molecule has 0 unspecified atom stereocenters. The Morgan fingerprint density at radius 1 is 1.28 bits per heavy atom. The number of hydrogen-bond acceptors (Lipinski definition) is 3. The van der Waals surface area contributed by atoms with Gasteiger partial charge in [-0.25, -0.2) is 0 Å². The molecule has 1 aromatic carbocycles. The van der Waals surface area contributed by atoms with Crippen LogP contribution < -0.4 is 5.32 Å². The van der Waals surface area contributed by atoms with E-state index in [1.807, 2.05) is 24.3 Å². The van der Waals surface area contributed by atoms with Crippen LogP contribution in [0, 0.1) is 16.7 Å². The summed E-state index contributed by atoms with van der Waals surface area (Å²) in [6.45, 7) is 6.41. The molecular weight excluding hydrogens is 224 g/mol. The highest BCUT2D eigenvalue weighted by Gasteiger charge is 2.16. The maximum atomic E-state index is 8.84. The second-order valence-corrected chi connectivity index (χ2v) is 5.40. The van der Waals surface area contributed by atoms with Gasteiger partial charge in [0.25, 0.3) is 0 Å². The van der Waals surface area contributed by atoms with Crippen molar-refractivity contribution in [3.8, 4) is 6.07 Å². The first-order valence-electron chi connectivity index (χ1n) is 6.38. The van der Waals surface area contributed by atoms with Gasteiger partial charge in [-0.3, -0.25) is 0 Å². The van der Waals surface area contributed by atoms with Crippen LogP contribution >= 0.6 is 0 Å². The van der Waals surface area contributed by atoms with Gasteiger partial charge in [0.05, 0.1) is 11.6 Å². The SMILES string of the molecule is CC(C)(CCCO)CNCc1ccc(C#N)cc1. The van der Waals surface area contributed by atoms with Crippen molar-refractivity contribution in [1.82, 2.24) is 5.32 Å². The van der Waals surface area contributed by atoms with Crippen LogP contribution in [0.4, 0.5) is 0 Å². The van der Waals surface area contributed by atoms with Gasteiger partial charge in [-0.15, -0.1) is 0 Å². The highest BCUT2D eigenvalue weighted by molar-refractivity contribution is 5.31. The Labute approximate surface area is 109 Å². The third-order valence-corrected chi connectivity index (χ3v) is 3.03. The summed E-state index contributed by atoms with van der Waals surface area (Å²) in [6.07, 6.45) is 1.87. The minimum absolute atomic E-state index is 0.204. The molecule has 0 spiro atoms. The Hall–Kier alpha value is -1.37. The number of nitrogens with one attached hydrogen (secondary N) is 1. The van der Waals surface area contributed by atoms with Crippen LogP contribution in [-0.2, 0) is 6.54 Å². The number of hydrogen-bond donors (Lipinski definition) is 2. The van der Waals surface area contributed by atoms with E-state index >= 15 is 0 Å². The molecule has 0 aliphatic heterocycles. The molecule has 0 atom stereocenters. The average Bonchev–Trinajstić information content (AvgIpc) is 2.37. The number of rotatable bonds is 7. The fraction of sp³-hybridized carbons (Fsp3) is 0.533. The zero-order valence-corrected chi connectivity index (χ0v) is 11.2. The lowest BCUT2D eigenvalue weighted by Gasteiger charge is -2.24. The molecule has 0 radical (unpaired) electrons. The van der Waals surface area contributed by atoms with Gasteiger partial charge < -0.3 is 10.4 Å². The van der Waals surface area contributed by atoms with E-state index in [9.17, 15) is 0 Å². The molecule has 0 heterocycles. The van der Waals surface area contributed by atoms with Gasteiger partial charge in [-0.1, -0.05) is 26.0 Å². The lowest BCUT2D eigenvalue weighted by atomic mass is 9.88. The summed E-state index contributed by atoms with van der Waals surface area (Å²) >= 11 is 0. The van der Waals surface area contributed by atoms with Crippen LogP contribution in [0.15, 0.2) is 24.3 Å². The molecule has 0 bridgehead atoms. The summed E-state index contributed by atoms with van der Waals surface area (Å²) in [7, 11) is 0. The Bertz CT molecular complexity index is 390. The molecular formula is C15H22N2O. The first-order valence-corrected chi connectivity index (χ1v) is 6.38. The van der Waals surface area contributed by atoms with Crippen molar-refractivity contribution in [2.24, 2.45) is 5.41 Å². The van der Waals surface area contributed by atoms with Crippen LogP contribution in [0.5, 0.6) is 0 Å². The van der Waals surface area contributed by atoms with Crippen molar-refractivity contribution < 1.29 is 5.11 Å². The zero-order valence-electron chi connectivity index (χ0n) is 11.2. The van der Waals surface area contributed by atoms with Gasteiger partial charge in [0.15, 0.2) is 0 Å². The fourth-order valence-corrected chi connectivity index (χ4v) is 1.89. The largest absolute Gasteiger partial charge is 0.396 e. The lowest BCUT2D eigenvalue weighted by Crippen LogP contribution is -2.29. The molecule has 98 valence electrons. The molecule has 0 fully saturated rings. The minimum atomic E-state index is 0.204. The third kappa shape index (κ3) is 5.31. The standard InChI is InChI=1S/C15H22N2O/c1-15(2,8-3-9-18)12-17-11-14-6-4-13(10-16)5-7-14/h4-7,17-18H,3,8-9,11-12H2,1-2H3. The van der Waals surface area contributed by atoms with E-state index in [-0.39, 0.29) is 12.0 Å². The molecule has 3 heteroatoms. The van der Waals surface area contributed by atoms with Gasteiger partial charge in [-0.2, -0.15) is 5.26 Å². The van der Waals surface area contributed by atoms with Crippen LogP contribution in [0.1, 0.15) is 37.8 Å². The molecule has 0 aliphatic rings. The Kier molecular flexibility index (Phi) is 5.84. The third-order valence-electron chi connectivity index (χ3n) is 3.03. The second kappa shape index (κ2) is 7.15. The van der Waals surface area contributed by atoms with E-state index in [0.717, 1.165) is 25.9 Å². The summed E-state index contributed by atoms with van der Waals surface area (Å²) in [5.41, 5.74) is 2.09. The Morgan fingerprint density at radius 3 is 2.50 bits per heavy atom. The summed E-state index contributed by atoms with van der Waals surface area (Å²) in [4.78, 5) is 0. The predicted octanol–water partition coefficient (Wildman–Crippen LogP) is 2.45. The van der Waals surface area contributed by atoms with Crippen LogP contribution in [-0.4, -0.2) is 18.3 Å². The number of benzene rings is 1. The van der Waals surface area contributed by atoms with Crippen molar-refractivity contribution >= 4 is 0 Å². The molecule has 2 N–H and O–H groups in total. The Morgan fingerprint density at radius 2 is 1.94 bits per heavy atom. The molecule has 1 rings (SSSR count). The fourth-order valence-electron chi connectivity index (χ4n) is 1.89. The number of nitriles is 1. The van der Waals surface area contributed by atoms with E-state index in [1.165, 1.54) is 5.56 Å². The smallest absolute Gasteiger partial charge is 0.0991 e. The first kappa shape index (κ1) is 14.7. The number of aliphatic hydroxyl groups is 1. The topological polar surface area (TPSA) is 56.0 Å². The van der Waals surface area contributed by atoms with Crippen LogP contribution in [0.3, 0.4) is 0 Å². The van der Waals surface area contributed by atoms with Gasteiger partial charge in [-0.05, 0) is 36.0 Å². The second-order valence-electron chi connectivity index (χ2n) is 5.40. The number of nitrogens with zero attached hydrogens (tertiary/aromatic N) is 1. The highest BCUT2D eigenvalue weighted by atomic mass is 16.2. The van der Waals surface area contributed by atoms with E-state index in [4.69, 9.17) is 10.4 Å². The first-order chi connectivity index (χ1) is 8.57. The highest BCUT2D eigenvalue weighted by Crippen LogP contribution is 2.20. The van der Waals surface area contributed by atoms with E-state index in [2.05, 4.69) is 25.2 Å². The number of aliphatic hydroxyl groups excluding tert-OH is 1. The van der Waals surface area contributed by atoms with Crippen LogP contribution in [0.25, 0.3) is 0 Å². The van der Waals surface area contributed by atoms with E-state index in [0.29, 0.717) is 5.56 Å². The quantitative estimate of drug-likeness (QED) is 0.777. The molecule has 1 aromatic rings. The van der Waals surface area contributed by atoms with Crippen molar-refractivity contribution in [2.75, 3.05) is 13.2 Å². The van der Waals surface area contributed by atoms with Crippen molar-refractivity contribution in [1.29, 1.82) is 5.26 Å². The molecule has 0 aromatic heterocycles. The molecule has 18 heavy (non-hydrogen) atoms. The normalized spacial score (nSPS) is 11.2. The maximum absolute atomic E-state index is 8.84. The monoisotopic (exact) mass is 246 g/mol. The average molecular weight is 246 g/mol. The minimum Gasteiger partial charge on any atom is -0.396 e. The van der Waals surface area contributed by atoms with E-state index < -0.39 is 0 Å². The molecule has 0 saturated heterocycles. The maximum Gasteiger partial charge on any atom is 0.0991 e. The molecule has 0 aliphatic carbocycles. The summed E-state index contributed by atoms with van der Waals surface area (Å²) < 4.78 is 0. The van der Waals surface area contributed by atoms with Gasteiger partial charge >= 0.3 is 0 Å². The zero-order chi connectivity index (χ0) is 13.4. The summed E-state index contributed by atoms with van der Waals surface area (Å²) in [5.74, 6) is 0. The lowest BCUT2D eigenvalue weighted by molar-refractivity contribution is 0.236. The Balaban J connectivity index is 2.34. The van der Waals surface area contributed by atoms with Crippen molar-refractivity contribution in [2.45, 2.75) is 33.2 Å². The molecule has 0 amide bonds. The molecule has 0 saturated carbocycles. The van der Waals surface area contributed by atoms with Gasteiger partial charge in [0.2, 0.25) is 0 Å². The van der Waals surface area contributed by atoms with Crippen molar-refractivity contribution in [3.63, 3.8) is 0 Å². The molecule has 3 nitrogen and oxygen atoms in total. The van der Waals surface area contributed by atoms with Crippen LogP contribution in [0.2, 0.25) is 0 Å². The van der Waals surface area contributed by atoms with Gasteiger partial charge in [0, 0.05) is 19.7 Å². The van der Waals surface area contributed by atoms with E-state index in [1.54, 1.807) is 0 Å². The van der Waals surface area contributed by atoms with Gasteiger partial charge in [0.1, 0.15) is 0 Å². The summed E-state index contributed by atoms with van der Waals surface area (Å²) in [5, 5.41) is 21.0. The summed E-state index contributed by atoms with van der Waals surface area (Å²) in [6, 6.07) is 9.75. The van der Waals surface area contributed by atoms with Crippen molar-refractivity contribution in [3.05, 3.63) is 35.4 Å². The predicted molar refractivity (Wildman–Crippen MR) is 73.0 cm³/mol.